The van der Waals surface area contributed by atoms with E-state index < -0.39 is 5.97 Å². The molecular weight excluding hydrogens is 311 g/mol. The quantitative estimate of drug-likeness (QED) is 0.899. The molecule has 0 bridgehead atoms. The van der Waals surface area contributed by atoms with Gasteiger partial charge in [0.25, 0.3) is 0 Å². The van der Waals surface area contributed by atoms with Crippen molar-refractivity contribution in [2.45, 2.75) is 6.42 Å². The van der Waals surface area contributed by atoms with E-state index in [2.05, 4.69) is 19.8 Å². The van der Waals surface area contributed by atoms with Gasteiger partial charge in [-0.25, -0.2) is 19.2 Å². The lowest BCUT2D eigenvalue weighted by Gasteiger charge is -2.34. The second-order valence-corrected chi connectivity index (χ2v) is 5.78. The van der Waals surface area contributed by atoms with E-state index in [-0.39, 0.29) is 11.4 Å². The van der Waals surface area contributed by atoms with Crippen molar-refractivity contribution in [3.05, 3.63) is 53.6 Å². The normalized spacial score (nSPS) is 15.5. The number of hydrogen-bond acceptors (Lipinski definition) is 5. The van der Waals surface area contributed by atoms with Crippen LogP contribution in [-0.2, 0) is 6.42 Å². The molecule has 1 fully saturated rings. The van der Waals surface area contributed by atoms with E-state index >= 15 is 0 Å². The van der Waals surface area contributed by atoms with Crippen molar-refractivity contribution in [3.8, 4) is 0 Å². The van der Waals surface area contributed by atoms with Crippen LogP contribution >= 0.6 is 0 Å². The molecule has 1 saturated heterocycles. The highest BCUT2D eigenvalue weighted by Gasteiger charge is 2.19. The number of piperazine rings is 1. The average molecular weight is 330 g/mol. The van der Waals surface area contributed by atoms with Crippen molar-refractivity contribution in [1.29, 1.82) is 0 Å². The van der Waals surface area contributed by atoms with Crippen LogP contribution in [0.1, 0.15) is 15.9 Å². The minimum absolute atomic E-state index is 0.0942. The second-order valence-electron chi connectivity index (χ2n) is 5.78. The van der Waals surface area contributed by atoms with E-state index in [0.717, 1.165) is 44.7 Å². The van der Waals surface area contributed by atoms with E-state index in [1.54, 1.807) is 0 Å². The summed E-state index contributed by atoms with van der Waals surface area (Å²) in [5.41, 5.74) is 1.23. The predicted octanol–water partition coefficient (Wildman–Crippen LogP) is 1.68. The molecule has 6 nitrogen and oxygen atoms in total. The first-order chi connectivity index (χ1) is 11.6. The molecule has 126 valence electrons. The number of anilines is 1. The number of aromatic carboxylic acids is 1. The van der Waals surface area contributed by atoms with Crippen molar-refractivity contribution in [2.75, 3.05) is 37.6 Å². The van der Waals surface area contributed by atoms with E-state index in [0.29, 0.717) is 5.95 Å². The summed E-state index contributed by atoms with van der Waals surface area (Å²) in [6.07, 6.45) is 3.57. The molecule has 0 radical (unpaired) electrons. The number of carboxylic acid groups (broad SMARTS) is 1. The summed E-state index contributed by atoms with van der Waals surface area (Å²) < 4.78 is 12.9. The molecular formula is C17H19FN4O2. The summed E-state index contributed by atoms with van der Waals surface area (Å²) in [6, 6.07) is 6.63. The van der Waals surface area contributed by atoms with Gasteiger partial charge in [0.05, 0.1) is 5.56 Å². The molecule has 0 spiro atoms. The number of nitrogens with zero attached hydrogens (tertiary/aromatic N) is 4. The van der Waals surface area contributed by atoms with Crippen LogP contribution in [0.3, 0.4) is 0 Å². The highest BCUT2D eigenvalue weighted by Crippen LogP contribution is 2.12. The Kier molecular flexibility index (Phi) is 5.00. The number of hydrogen-bond donors (Lipinski definition) is 1. The standard InChI is InChI=1S/C17H19FN4O2/c18-15-3-1-13(2-4-15)5-6-21-7-9-22(10-8-21)17-19-11-14(12-20-17)16(23)24/h1-4,11-12H,5-10H2,(H,23,24). The first-order valence-electron chi connectivity index (χ1n) is 7.89. The van der Waals surface area contributed by atoms with Crippen LogP contribution in [0, 0.1) is 5.82 Å². The molecule has 0 atom stereocenters. The van der Waals surface area contributed by atoms with Gasteiger partial charge in [0.2, 0.25) is 5.95 Å². The van der Waals surface area contributed by atoms with E-state index in [1.807, 2.05) is 12.1 Å². The summed E-state index contributed by atoms with van der Waals surface area (Å²) in [6.45, 7) is 4.32. The zero-order chi connectivity index (χ0) is 16.9. The van der Waals surface area contributed by atoms with Gasteiger partial charge in [-0.1, -0.05) is 12.1 Å². The molecule has 1 aliphatic rings. The van der Waals surface area contributed by atoms with Gasteiger partial charge < -0.3 is 10.0 Å². The summed E-state index contributed by atoms with van der Waals surface area (Å²) in [7, 11) is 0. The molecule has 0 amide bonds. The number of aromatic nitrogens is 2. The fraction of sp³-hybridized carbons (Fsp3) is 0.353. The second kappa shape index (κ2) is 7.35. The van der Waals surface area contributed by atoms with E-state index in [1.165, 1.54) is 24.5 Å². The van der Waals surface area contributed by atoms with Crippen molar-refractivity contribution < 1.29 is 14.3 Å². The molecule has 1 aliphatic heterocycles. The topological polar surface area (TPSA) is 69.6 Å². The highest BCUT2D eigenvalue weighted by atomic mass is 19.1. The monoisotopic (exact) mass is 330 g/mol. The lowest BCUT2D eigenvalue weighted by molar-refractivity contribution is 0.0696. The summed E-state index contributed by atoms with van der Waals surface area (Å²) >= 11 is 0. The molecule has 1 aromatic carbocycles. The maximum absolute atomic E-state index is 12.9. The van der Waals surface area contributed by atoms with Crippen LogP contribution in [-0.4, -0.2) is 58.7 Å². The Morgan fingerprint density at radius 3 is 2.29 bits per heavy atom. The van der Waals surface area contributed by atoms with Crippen LogP contribution in [0.15, 0.2) is 36.7 Å². The van der Waals surface area contributed by atoms with Crippen LogP contribution in [0.2, 0.25) is 0 Å². The lowest BCUT2D eigenvalue weighted by atomic mass is 10.1. The molecule has 1 N–H and O–H groups in total. The van der Waals surface area contributed by atoms with Crippen molar-refractivity contribution >= 4 is 11.9 Å². The van der Waals surface area contributed by atoms with Crippen LogP contribution < -0.4 is 4.90 Å². The SMILES string of the molecule is O=C(O)c1cnc(N2CCN(CCc3ccc(F)cc3)CC2)nc1. The fourth-order valence-electron chi connectivity index (χ4n) is 2.70. The van der Waals surface area contributed by atoms with Crippen molar-refractivity contribution in [1.82, 2.24) is 14.9 Å². The largest absolute Gasteiger partial charge is 0.478 e. The van der Waals surface area contributed by atoms with E-state index in [9.17, 15) is 9.18 Å². The summed E-state index contributed by atoms with van der Waals surface area (Å²) in [5.74, 6) is -0.661. The minimum Gasteiger partial charge on any atom is -0.478 e. The first kappa shape index (κ1) is 16.3. The Bertz CT molecular complexity index is 683. The van der Waals surface area contributed by atoms with Crippen molar-refractivity contribution in [2.24, 2.45) is 0 Å². The molecule has 7 heteroatoms. The van der Waals surface area contributed by atoms with Gasteiger partial charge in [-0.05, 0) is 24.1 Å². The third-order valence-electron chi connectivity index (χ3n) is 4.17. The van der Waals surface area contributed by atoms with Crippen molar-refractivity contribution in [3.63, 3.8) is 0 Å². The highest BCUT2D eigenvalue weighted by molar-refractivity contribution is 5.86. The molecule has 1 aromatic heterocycles. The van der Waals surface area contributed by atoms with E-state index in [4.69, 9.17) is 5.11 Å². The van der Waals surface area contributed by atoms with Crippen LogP contribution in [0.4, 0.5) is 10.3 Å². The average Bonchev–Trinajstić information content (AvgIpc) is 2.62. The van der Waals surface area contributed by atoms with Gasteiger partial charge in [0, 0.05) is 45.1 Å². The Morgan fingerprint density at radius 1 is 1.08 bits per heavy atom. The Balaban J connectivity index is 1.48. The van der Waals surface area contributed by atoms with Crippen LogP contribution in [0.25, 0.3) is 0 Å². The zero-order valence-electron chi connectivity index (χ0n) is 13.2. The molecule has 0 aliphatic carbocycles. The van der Waals surface area contributed by atoms with Gasteiger partial charge in [-0.3, -0.25) is 4.90 Å². The summed E-state index contributed by atoms with van der Waals surface area (Å²) in [5, 5.41) is 8.87. The maximum atomic E-state index is 12.9. The molecule has 2 heterocycles. The Hall–Kier alpha value is -2.54. The first-order valence-corrected chi connectivity index (χ1v) is 7.89. The maximum Gasteiger partial charge on any atom is 0.338 e. The number of carboxylic acids is 1. The van der Waals surface area contributed by atoms with Crippen LogP contribution in [0.5, 0.6) is 0 Å². The molecule has 0 unspecified atom stereocenters. The zero-order valence-corrected chi connectivity index (χ0v) is 13.2. The number of rotatable bonds is 5. The van der Waals surface area contributed by atoms with Gasteiger partial charge in [-0.15, -0.1) is 0 Å². The number of halogens is 1. The third kappa shape index (κ3) is 4.05. The number of benzene rings is 1. The molecule has 2 aromatic rings. The van der Waals surface area contributed by atoms with Gasteiger partial charge in [-0.2, -0.15) is 0 Å². The van der Waals surface area contributed by atoms with Gasteiger partial charge in [0.1, 0.15) is 5.82 Å². The van der Waals surface area contributed by atoms with Gasteiger partial charge in [0.15, 0.2) is 0 Å². The molecule has 3 rings (SSSR count). The Morgan fingerprint density at radius 2 is 1.71 bits per heavy atom. The molecule has 0 saturated carbocycles. The molecule has 24 heavy (non-hydrogen) atoms. The lowest BCUT2D eigenvalue weighted by Crippen LogP contribution is -2.47. The van der Waals surface area contributed by atoms with Gasteiger partial charge >= 0.3 is 5.97 Å². The number of carbonyl (C=O) groups is 1. The third-order valence-corrected chi connectivity index (χ3v) is 4.17. The fourth-order valence-corrected chi connectivity index (χ4v) is 2.70. The predicted molar refractivity (Wildman–Crippen MR) is 87.7 cm³/mol. The Labute approximate surface area is 139 Å². The smallest absolute Gasteiger partial charge is 0.338 e. The minimum atomic E-state index is -1.02. The summed E-state index contributed by atoms with van der Waals surface area (Å²) in [4.78, 5) is 23.5.